The molecule has 3 rings (SSSR count). The minimum Gasteiger partial charge on any atom is -0.492 e. The van der Waals surface area contributed by atoms with Gasteiger partial charge in [-0.1, -0.05) is 30.3 Å². The molecule has 2 N–H and O–H groups in total. The fourth-order valence-corrected chi connectivity index (χ4v) is 4.49. The molecule has 27 heavy (non-hydrogen) atoms. The maximum absolute atomic E-state index is 13.2. The van der Waals surface area contributed by atoms with Crippen molar-refractivity contribution in [3.63, 3.8) is 0 Å². The molecule has 0 spiro atoms. The SMILES string of the molecule is CCOc1ccc(NC(C)=O)cc1S(=O)(=O)N[C@H](c1ccccc1)C1CC1. The number of carbonyl (C=O) groups excluding carboxylic acids is 1. The third-order valence-electron chi connectivity index (χ3n) is 4.39. The minimum absolute atomic E-state index is 0.0252. The van der Waals surface area contributed by atoms with Crippen molar-refractivity contribution in [2.24, 2.45) is 5.92 Å². The molecule has 1 saturated carbocycles. The highest BCUT2D eigenvalue weighted by molar-refractivity contribution is 7.89. The Labute approximate surface area is 160 Å². The molecule has 1 amide bonds. The summed E-state index contributed by atoms with van der Waals surface area (Å²) in [7, 11) is -3.85. The predicted molar refractivity (Wildman–Crippen MR) is 104 cm³/mol. The second-order valence-electron chi connectivity index (χ2n) is 6.62. The van der Waals surface area contributed by atoms with E-state index in [1.54, 1.807) is 19.1 Å². The molecule has 0 aromatic heterocycles. The van der Waals surface area contributed by atoms with Crippen LogP contribution in [0, 0.1) is 5.92 Å². The number of nitrogens with one attached hydrogen (secondary N) is 2. The van der Waals surface area contributed by atoms with Gasteiger partial charge >= 0.3 is 0 Å². The second kappa shape index (κ2) is 8.10. The third-order valence-corrected chi connectivity index (χ3v) is 5.85. The molecule has 2 aromatic carbocycles. The van der Waals surface area contributed by atoms with Crippen molar-refractivity contribution >= 4 is 21.6 Å². The lowest BCUT2D eigenvalue weighted by molar-refractivity contribution is -0.114. The van der Waals surface area contributed by atoms with Crippen molar-refractivity contribution in [3.05, 3.63) is 54.1 Å². The summed E-state index contributed by atoms with van der Waals surface area (Å²) < 4.78 is 34.7. The van der Waals surface area contributed by atoms with Crippen LogP contribution in [0.2, 0.25) is 0 Å². The normalized spacial score (nSPS) is 15.2. The molecule has 1 aliphatic carbocycles. The Balaban J connectivity index is 1.95. The van der Waals surface area contributed by atoms with Gasteiger partial charge < -0.3 is 10.1 Å². The van der Waals surface area contributed by atoms with Gasteiger partial charge in [-0.15, -0.1) is 0 Å². The molecule has 7 heteroatoms. The Morgan fingerprint density at radius 3 is 2.48 bits per heavy atom. The molecule has 1 fully saturated rings. The summed E-state index contributed by atoms with van der Waals surface area (Å²) in [4.78, 5) is 11.4. The Morgan fingerprint density at radius 1 is 1.19 bits per heavy atom. The van der Waals surface area contributed by atoms with E-state index >= 15 is 0 Å². The molecule has 1 atom stereocenters. The van der Waals surface area contributed by atoms with Gasteiger partial charge in [-0.25, -0.2) is 13.1 Å². The van der Waals surface area contributed by atoms with Crippen LogP contribution in [0.15, 0.2) is 53.4 Å². The van der Waals surface area contributed by atoms with Crippen molar-refractivity contribution in [2.45, 2.75) is 37.6 Å². The van der Waals surface area contributed by atoms with E-state index in [1.807, 2.05) is 30.3 Å². The van der Waals surface area contributed by atoms with Gasteiger partial charge in [-0.3, -0.25) is 4.79 Å². The molecule has 1 aliphatic rings. The summed E-state index contributed by atoms with van der Waals surface area (Å²) in [6.07, 6.45) is 1.98. The predicted octanol–water partition coefficient (Wildman–Crippen LogP) is 3.47. The van der Waals surface area contributed by atoms with E-state index in [1.165, 1.54) is 13.0 Å². The zero-order valence-electron chi connectivity index (χ0n) is 15.4. The molecule has 0 radical (unpaired) electrons. The Morgan fingerprint density at radius 2 is 1.89 bits per heavy atom. The van der Waals surface area contributed by atoms with Crippen LogP contribution in [-0.4, -0.2) is 20.9 Å². The maximum Gasteiger partial charge on any atom is 0.244 e. The number of hydrogen-bond donors (Lipinski definition) is 2. The molecule has 0 unspecified atom stereocenters. The van der Waals surface area contributed by atoms with E-state index < -0.39 is 10.0 Å². The minimum atomic E-state index is -3.85. The van der Waals surface area contributed by atoms with Crippen LogP contribution in [0.25, 0.3) is 0 Å². The molecule has 0 heterocycles. The van der Waals surface area contributed by atoms with E-state index in [0.29, 0.717) is 12.3 Å². The van der Waals surface area contributed by atoms with Gasteiger partial charge in [0.2, 0.25) is 15.9 Å². The largest absolute Gasteiger partial charge is 0.492 e. The van der Waals surface area contributed by atoms with Gasteiger partial charge in [0.25, 0.3) is 0 Å². The van der Waals surface area contributed by atoms with Crippen molar-refractivity contribution in [1.82, 2.24) is 4.72 Å². The Hall–Kier alpha value is -2.38. The smallest absolute Gasteiger partial charge is 0.244 e. The average molecular weight is 388 g/mol. The summed E-state index contributed by atoms with van der Waals surface area (Å²) in [6.45, 7) is 3.51. The number of hydrogen-bond acceptors (Lipinski definition) is 4. The van der Waals surface area contributed by atoms with E-state index in [9.17, 15) is 13.2 Å². The number of ether oxygens (including phenoxy) is 1. The van der Waals surface area contributed by atoms with Gasteiger partial charge in [0, 0.05) is 18.7 Å². The van der Waals surface area contributed by atoms with Crippen LogP contribution in [0.5, 0.6) is 5.75 Å². The Kier molecular flexibility index (Phi) is 5.82. The Bertz CT molecular complexity index is 909. The summed E-state index contributed by atoms with van der Waals surface area (Å²) in [5, 5.41) is 2.62. The third kappa shape index (κ3) is 4.87. The lowest BCUT2D eigenvalue weighted by atomic mass is 10.0. The summed E-state index contributed by atoms with van der Waals surface area (Å²) in [5.74, 6) is 0.286. The molecule has 0 saturated heterocycles. The summed E-state index contributed by atoms with van der Waals surface area (Å²) in [5.41, 5.74) is 1.36. The van der Waals surface area contributed by atoms with Crippen molar-refractivity contribution in [3.8, 4) is 5.75 Å². The molecule has 0 bridgehead atoms. The van der Waals surface area contributed by atoms with Crippen LogP contribution in [0.1, 0.15) is 38.3 Å². The number of benzene rings is 2. The van der Waals surface area contributed by atoms with E-state index in [0.717, 1.165) is 18.4 Å². The zero-order chi connectivity index (χ0) is 19.4. The topological polar surface area (TPSA) is 84.5 Å². The quantitative estimate of drug-likeness (QED) is 0.725. The van der Waals surface area contributed by atoms with E-state index in [4.69, 9.17) is 4.74 Å². The van der Waals surface area contributed by atoms with Crippen LogP contribution in [-0.2, 0) is 14.8 Å². The van der Waals surface area contributed by atoms with E-state index in [2.05, 4.69) is 10.0 Å². The van der Waals surface area contributed by atoms with Crippen molar-refractivity contribution in [1.29, 1.82) is 0 Å². The van der Waals surface area contributed by atoms with Crippen molar-refractivity contribution < 1.29 is 17.9 Å². The number of amides is 1. The number of anilines is 1. The van der Waals surface area contributed by atoms with Gasteiger partial charge in [0.05, 0.1) is 6.61 Å². The van der Waals surface area contributed by atoms with Crippen LogP contribution in [0.4, 0.5) is 5.69 Å². The highest BCUT2D eigenvalue weighted by Gasteiger charge is 2.36. The number of carbonyl (C=O) groups is 1. The highest BCUT2D eigenvalue weighted by atomic mass is 32.2. The number of rotatable bonds is 8. The standard InChI is InChI=1S/C20H24N2O4S/c1-3-26-18-12-11-17(21-14(2)23)13-19(18)27(24,25)22-20(16-9-10-16)15-7-5-4-6-8-15/h4-8,11-13,16,20,22H,3,9-10H2,1-2H3,(H,21,23)/t20-/m1/s1. The van der Waals surface area contributed by atoms with Gasteiger partial charge in [0.15, 0.2) is 0 Å². The van der Waals surface area contributed by atoms with Gasteiger partial charge in [-0.05, 0) is 49.4 Å². The first kappa shape index (κ1) is 19.4. The molecule has 144 valence electrons. The van der Waals surface area contributed by atoms with Crippen LogP contribution < -0.4 is 14.8 Å². The van der Waals surface area contributed by atoms with Crippen molar-refractivity contribution in [2.75, 3.05) is 11.9 Å². The first-order valence-corrected chi connectivity index (χ1v) is 10.5. The number of sulfonamides is 1. The first-order chi connectivity index (χ1) is 12.9. The second-order valence-corrected chi connectivity index (χ2v) is 8.31. The monoisotopic (exact) mass is 388 g/mol. The van der Waals surface area contributed by atoms with E-state index in [-0.39, 0.29) is 28.5 Å². The molecular formula is C20H24N2O4S. The van der Waals surface area contributed by atoms with Gasteiger partial charge in [-0.2, -0.15) is 0 Å². The zero-order valence-corrected chi connectivity index (χ0v) is 16.3. The first-order valence-electron chi connectivity index (χ1n) is 9.02. The lowest BCUT2D eigenvalue weighted by Gasteiger charge is -2.20. The molecule has 6 nitrogen and oxygen atoms in total. The highest BCUT2D eigenvalue weighted by Crippen LogP contribution is 2.42. The average Bonchev–Trinajstić information content (AvgIpc) is 3.46. The summed E-state index contributed by atoms with van der Waals surface area (Å²) in [6, 6.07) is 13.9. The fraction of sp³-hybridized carbons (Fsp3) is 0.350. The van der Waals surface area contributed by atoms with Gasteiger partial charge in [0.1, 0.15) is 10.6 Å². The fourth-order valence-electron chi connectivity index (χ4n) is 3.03. The molecule has 0 aliphatic heterocycles. The molecule has 2 aromatic rings. The van der Waals surface area contributed by atoms with Crippen LogP contribution >= 0.6 is 0 Å². The molecular weight excluding hydrogens is 364 g/mol. The lowest BCUT2D eigenvalue weighted by Crippen LogP contribution is -2.30. The van der Waals surface area contributed by atoms with Crippen LogP contribution in [0.3, 0.4) is 0 Å². The summed E-state index contributed by atoms with van der Waals surface area (Å²) >= 11 is 0. The maximum atomic E-state index is 13.2.